The van der Waals surface area contributed by atoms with Crippen molar-refractivity contribution in [3.8, 4) is 28.8 Å². The van der Waals surface area contributed by atoms with Gasteiger partial charge in [-0.2, -0.15) is 5.26 Å². The van der Waals surface area contributed by atoms with E-state index in [1.54, 1.807) is 66.5 Å². The van der Waals surface area contributed by atoms with Gasteiger partial charge in [0.05, 0.1) is 29.5 Å². The Balaban J connectivity index is 1.75. The van der Waals surface area contributed by atoms with E-state index >= 15 is 0 Å². The molecule has 0 radical (unpaired) electrons. The molecule has 1 aliphatic heterocycles. The molecule has 1 aromatic heterocycles. The number of hydrogen-bond donors (Lipinski definition) is 1. The Bertz CT molecular complexity index is 1690. The number of fused-ring (bicyclic) bond motifs is 6. The quantitative estimate of drug-likeness (QED) is 0.284. The summed E-state index contributed by atoms with van der Waals surface area (Å²) in [5.74, 6) is 0.0109. The zero-order valence-electron chi connectivity index (χ0n) is 23.0. The van der Waals surface area contributed by atoms with E-state index in [0.29, 0.717) is 81.8 Å². The smallest absolute Gasteiger partial charge is 0.264 e. The standard InChI is InChI=1S/C32H29ClN4O4/c1-20-28-18-30(36(20)3)29-16-22(33)6-11-27(29)31(39)35(2)12-4-5-13-41-26-15-21(19-34)14-24(17-26)37(32(28)40)23-7-9-25(38)10-8-23/h6-11,14-18,38H,4-5,12-13H2,1-3H3. The predicted octanol–water partition coefficient (Wildman–Crippen LogP) is 6.45. The Labute approximate surface area is 243 Å². The van der Waals surface area contributed by atoms with Gasteiger partial charge in [0.2, 0.25) is 0 Å². The lowest BCUT2D eigenvalue weighted by Gasteiger charge is -2.24. The number of nitrogens with zero attached hydrogens (tertiary/aromatic N) is 4. The van der Waals surface area contributed by atoms with Crippen LogP contribution >= 0.6 is 11.6 Å². The second-order valence-electron chi connectivity index (χ2n) is 10.0. The van der Waals surface area contributed by atoms with Gasteiger partial charge >= 0.3 is 0 Å². The lowest BCUT2D eigenvalue weighted by atomic mass is 10.0. The molecule has 0 spiro atoms. The lowest BCUT2D eigenvalue weighted by molar-refractivity contribution is 0.0791. The Kier molecular flexibility index (Phi) is 7.73. The fourth-order valence-electron chi connectivity index (χ4n) is 5.00. The third-order valence-electron chi connectivity index (χ3n) is 7.35. The maximum Gasteiger partial charge on any atom is 0.264 e. The van der Waals surface area contributed by atoms with E-state index in [4.69, 9.17) is 16.3 Å². The van der Waals surface area contributed by atoms with Crippen molar-refractivity contribution in [1.29, 1.82) is 5.26 Å². The van der Waals surface area contributed by atoms with Crippen LogP contribution in [0, 0.1) is 18.3 Å². The second-order valence-corrected chi connectivity index (χ2v) is 10.5. The molecule has 0 fully saturated rings. The topological polar surface area (TPSA) is 98.8 Å². The summed E-state index contributed by atoms with van der Waals surface area (Å²) in [5.41, 5.74) is 4.13. The first kappa shape index (κ1) is 27.8. The van der Waals surface area contributed by atoms with Crippen LogP contribution in [0.1, 0.15) is 44.8 Å². The monoisotopic (exact) mass is 568 g/mol. The predicted molar refractivity (Wildman–Crippen MR) is 158 cm³/mol. The SMILES string of the molecule is Cc1c2cc(n1C)-c1cc(Cl)ccc1C(=O)N(C)CCCCOc1cc(C#N)cc(c1)N(c1ccc(O)cc1)C2=O. The van der Waals surface area contributed by atoms with Gasteiger partial charge in [-0.15, -0.1) is 0 Å². The molecule has 9 heteroatoms. The van der Waals surface area contributed by atoms with Crippen LogP contribution in [0.2, 0.25) is 5.02 Å². The van der Waals surface area contributed by atoms with E-state index in [9.17, 15) is 20.0 Å². The number of halogens is 1. The zero-order chi connectivity index (χ0) is 29.3. The Hall–Kier alpha value is -4.74. The largest absolute Gasteiger partial charge is 0.508 e. The Morgan fingerprint density at radius 1 is 0.878 bits per heavy atom. The van der Waals surface area contributed by atoms with Crippen molar-refractivity contribution in [3.63, 3.8) is 0 Å². The van der Waals surface area contributed by atoms with E-state index in [-0.39, 0.29) is 17.6 Å². The molecule has 0 unspecified atom stereocenters. The molecule has 0 saturated heterocycles. The molecule has 208 valence electrons. The molecule has 2 amide bonds. The minimum atomic E-state index is -0.354. The molecule has 0 saturated carbocycles. The number of carbonyl (C=O) groups is 2. The van der Waals surface area contributed by atoms with Crippen molar-refractivity contribution in [2.45, 2.75) is 19.8 Å². The molecule has 4 aromatic rings. The number of aromatic hydroxyl groups is 1. The van der Waals surface area contributed by atoms with Gasteiger partial charge in [-0.05, 0) is 80.4 Å². The molecular formula is C32H29ClN4O4. The average molecular weight is 569 g/mol. The number of phenolic OH excluding ortho intramolecular Hbond substituents is 1. The van der Waals surface area contributed by atoms with Crippen LogP contribution < -0.4 is 9.64 Å². The van der Waals surface area contributed by atoms with E-state index in [1.165, 1.54) is 17.0 Å². The van der Waals surface area contributed by atoms with E-state index < -0.39 is 0 Å². The van der Waals surface area contributed by atoms with Gasteiger partial charge in [0, 0.05) is 59.9 Å². The number of benzene rings is 3. The number of hydrogen-bond acceptors (Lipinski definition) is 5. The number of aromatic nitrogens is 1. The summed E-state index contributed by atoms with van der Waals surface area (Å²) in [6.45, 7) is 2.73. The van der Waals surface area contributed by atoms with Crippen LogP contribution in [0.15, 0.2) is 66.7 Å². The van der Waals surface area contributed by atoms with Crippen LogP contribution in [-0.4, -0.2) is 46.6 Å². The first-order valence-corrected chi connectivity index (χ1v) is 13.6. The van der Waals surface area contributed by atoms with Gasteiger partial charge in [0.25, 0.3) is 11.8 Å². The number of rotatable bonds is 1. The van der Waals surface area contributed by atoms with Crippen molar-refractivity contribution < 1.29 is 19.4 Å². The Morgan fingerprint density at radius 3 is 2.37 bits per heavy atom. The minimum Gasteiger partial charge on any atom is -0.508 e. The molecule has 4 bridgehead atoms. The molecule has 1 N–H and O–H groups in total. The van der Waals surface area contributed by atoms with Crippen molar-refractivity contribution in [2.75, 3.05) is 25.1 Å². The fourth-order valence-corrected chi connectivity index (χ4v) is 5.18. The molecule has 41 heavy (non-hydrogen) atoms. The zero-order valence-corrected chi connectivity index (χ0v) is 23.8. The van der Waals surface area contributed by atoms with Gasteiger partial charge in [-0.1, -0.05) is 11.6 Å². The van der Waals surface area contributed by atoms with Crippen LogP contribution in [0.4, 0.5) is 11.4 Å². The third kappa shape index (κ3) is 5.49. The van der Waals surface area contributed by atoms with Gasteiger partial charge in [0.1, 0.15) is 11.5 Å². The summed E-state index contributed by atoms with van der Waals surface area (Å²) in [4.78, 5) is 31.1. The van der Waals surface area contributed by atoms with E-state index in [0.717, 1.165) is 0 Å². The average Bonchev–Trinajstić information content (AvgIpc) is 3.26. The summed E-state index contributed by atoms with van der Waals surface area (Å²) in [7, 11) is 3.60. The van der Waals surface area contributed by atoms with E-state index in [2.05, 4.69) is 6.07 Å². The lowest BCUT2D eigenvalue weighted by Crippen LogP contribution is -2.28. The second kappa shape index (κ2) is 11.4. The number of carbonyl (C=O) groups excluding carboxylic acids is 2. The highest BCUT2D eigenvalue weighted by Crippen LogP contribution is 2.36. The van der Waals surface area contributed by atoms with Crippen LogP contribution in [0.5, 0.6) is 11.5 Å². The first-order chi connectivity index (χ1) is 19.7. The minimum absolute atomic E-state index is 0.0581. The Morgan fingerprint density at radius 2 is 1.63 bits per heavy atom. The highest BCUT2D eigenvalue weighted by Gasteiger charge is 2.27. The highest BCUT2D eigenvalue weighted by molar-refractivity contribution is 6.31. The number of anilines is 2. The van der Waals surface area contributed by atoms with Gasteiger partial charge < -0.3 is 19.3 Å². The van der Waals surface area contributed by atoms with Crippen molar-refractivity contribution in [1.82, 2.24) is 9.47 Å². The fraction of sp³-hybridized carbons (Fsp3) is 0.219. The van der Waals surface area contributed by atoms with Crippen LogP contribution in [0.3, 0.4) is 0 Å². The molecule has 0 aliphatic carbocycles. The van der Waals surface area contributed by atoms with Crippen LogP contribution in [0.25, 0.3) is 11.3 Å². The van der Waals surface area contributed by atoms with E-state index in [1.807, 2.05) is 18.5 Å². The number of phenols is 1. The summed E-state index contributed by atoms with van der Waals surface area (Å²) in [5, 5.41) is 20.2. The third-order valence-corrected chi connectivity index (χ3v) is 7.58. The molecule has 8 nitrogen and oxygen atoms in total. The number of ether oxygens (including phenoxy) is 1. The summed E-state index contributed by atoms with van der Waals surface area (Å²) < 4.78 is 7.87. The molecule has 5 rings (SSSR count). The first-order valence-electron chi connectivity index (χ1n) is 13.2. The number of nitriles is 1. The van der Waals surface area contributed by atoms with Crippen molar-refractivity contribution in [3.05, 3.63) is 94.1 Å². The molecule has 0 atom stereocenters. The summed E-state index contributed by atoms with van der Waals surface area (Å²) >= 11 is 6.40. The van der Waals surface area contributed by atoms with Crippen molar-refractivity contribution in [2.24, 2.45) is 7.05 Å². The molecular weight excluding hydrogens is 540 g/mol. The molecule has 1 aliphatic rings. The molecule has 3 aromatic carbocycles. The summed E-state index contributed by atoms with van der Waals surface area (Å²) in [6.07, 6.45) is 1.39. The maximum atomic E-state index is 14.4. The van der Waals surface area contributed by atoms with Gasteiger partial charge in [-0.25, -0.2) is 0 Å². The van der Waals surface area contributed by atoms with Crippen molar-refractivity contribution >= 4 is 34.8 Å². The number of amides is 2. The summed E-state index contributed by atoms with van der Waals surface area (Å²) in [6, 6.07) is 20.4. The molecule has 2 heterocycles. The van der Waals surface area contributed by atoms with Crippen LogP contribution in [-0.2, 0) is 7.05 Å². The maximum absolute atomic E-state index is 14.4. The highest BCUT2D eigenvalue weighted by atomic mass is 35.5. The van der Waals surface area contributed by atoms with Gasteiger partial charge in [-0.3, -0.25) is 14.5 Å². The van der Waals surface area contributed by atoms with Gasteiger partial charge in [0.15, 0.2) is 0 Å². The normalized spacial score (nSPS) is 14.2.